The maximum Gasteiger partial charge on any atom is 0.421 e. The molecule has 3 rings (SSSR count). The summed E-state index contributed by atoms with van der Waals surface area (Å²) in [4.78, 5) is 7.69. The Labute approximate surface area is 205 Å². The second-order valence-corrected chi connectivity index (χ2v) is 9.02. The zero-order valence-corrected chi connectivity index (χ0v) is 20.5. The van der Waals surface area contributed by atoms with E-state index in [0.29, 0.717) is 29.1 Å². The number of halogens is 3. The van der Waals surface area contributed by atoms with Gasteiger partial charge in [0.15, 0.2) is 11.5 Å². The number of alkyl halides is 3. The summed E-state index contributed by atoms with van der Waals surface area (Å²) in [6, 6.07) is 9.00. The number of benzene rings is 2. The molecule has 0 aliphatic rings. The summed E-state index contributed by atoms with van der Waals surface area (Å²) in [7, 11) is 1.69. The van der Waals surface area contributed by atoms with Gasteiger partial charge in [0, 0.05) is 30.6 Å². The van der Waals surface area contributed by atoms with Gasteiger partial charge in [-0.25, -0.2) is 18.1 Å². The van der Waals surface area contributed by atoms with Gasteiger partial charge in [-0.15, -0.1) is 0 Å². The van der Waals surface area contributed by atoms with Gasteiger partial charge < -0.3 is 24.8 Å². The van der Waals surface area contributed by atoms with E-state index in [0.717, 1.165) is 0 Å². The minimum Gasteiger partial charge on any atom is -0.493 e. The molecule has 2 aromatic carbocycles. The van der Waals surface area contributed by atoms with Crippen LogP contribution in [0.4, 0.5) is 30.6 Å². The lowest BCUT2D eigenvalue weighted by atomic mass is 10.2. The molecule has 0 unspecified atom stereocenters. The van der Waals surface area contributed by atoms with Crippen molar-refractivity contribution in [1.82, 2.24) is 14.7 Å². The topological polar surface area (TPSA) is 124 Å². The van der Waals surface area contributed by atoms with Crippen LogP contribution in [-0.2, 0) is 22.7 Å². The zero-order chi connectivity index (χ0) is 26.5. The fourth-order valence-electron chi connectivity index (χ4n) is 3.27. The number of nitrogens with zero attached hydrogens (tertiary/aromatic N) is 2. The van der Waals surface area contributed by atoms with Gasteiger partial charge in [-0.1, -0.05) is 18.2 Å². The number of hydrogen-bond donors (Lipinski definition) is 3. The average molecular weight is 528 g/mol. The van der Waals surface area contributed by atoms with Crippen molar-refractivity contribution < 1.29 is 35.8 Å². The molecular formula is C22H24F3N5O5S. The fourth-order valence-corrected chi connectivity index (χ4v) is 4.23. The molecule has 0 fully saturated rings. The number of hydrogen-bond acceptors (Lipinski definition) is 9. The Bertz CT molecular complexity index is 1310. The molecule has 0 amide bonds. The van der Waals surface area contributed by atoms with Crippen molar-refractivity contribution in [3.63, 3.8) is 0 Å². The number of sulfonamides is 1. The molecule has 0 aliphatic carbocycles. The van der Waals surface area contributed by atoms with Crippen molar-refractivity contribution in [3.05, 3.63) is 53.7 Å². The summed E-state index contributed by atoms with van der Waals surface area (Å²) < 4.78 is 83.5. The predicted octanol–water partition coefficient (Wildman–Crippen LogP) is 3.79. The second kappa shape index (κ2) is 10.9. The lowest BCUT2D eigenvalue weighted by Gasteiger charge is -2.17. The highest BCUT2D eigenvalue weighted by Crippen LogP contribution is 2.41. The SMILES string of the molecule is CNS(=O)(=O)c1ccccc1CNc1nc(Nc2cc(OC)c(OC)c(OC)c2)ncc1C(F)(F)F. The zero-order valence-electron chi connectivity index (χ0n) is 19.7. The smallest absolute Gasteiger partial charge is 0.421 e. The molecule has 0 radical (unpaired) electrons. The van der Waals surface area contributed by atoms with Crippen LogP contribution in [0.25, 0.3) is 0 Å². The van der Waals surface area contributed by atoms with E-state index in [1.54, 1.807) is 6.07 Å². The minimum absolute atomic E-state index is 0.0709. The van der Waals surface area contributed by atoms with Gasteiger partial charge in [0.2, 0.25) is 21.7 Å². The summed E-state index contributed by atoms with van der Waals surface area (Å²) in [5, 5.41) is 5.41. The molecule has 0 spiro atoms. The van der Waals surface area contributed by atoms with E-state index >= 15 is 0 Å². The third-order valence-corrected chi connectivity index (χ3v) is 6.51. The molecule has 0 atom stereocenters. The van der Waals surface area contributed by atoms with Crippen molar-refractivity contribution in [2.75, 3.05) is 39.0 Å². The van der Waals surface area contributed by atoms with E-state index < -0.39 is 27.6 Å². The highest BCUT2D eigenvalue weighted by molar-refractivity contribution is 7.89. The van der Waals surface area contributed by atoms with E-state index in [1.807, 2.05) is 0 Å². The number of nitrogens with one attached hydrogen (secondary N) is 3. The van der Waals surface area contributed by atoms with Crippen molar-refractivity contribution in [2.45, 2.75) is 17.6 Å². The largest absolute Gasteiger partial charge is 0.493 e. The van der Waals surface area contributed by atoms with Gasteiger partial charge in [-0.05, 0) is 18.7 Å². The Kier molecular flexibility index (Phi) is 8.10. The molecule has 0 aliphatic heterocycles. The first kappa shape index (κ1) is 26.8. The van der Waals surface area contributed by atoms with Crippen LogP contribution in [0.15, 0.2) is 47.5 Å². The maximum absolute atomic E-state index is 13.6. The quantitative estimate of drug-likeness (QED) is 0.361. The number of methoxy groups -OCH3 is 3. The number of rotatable bonds is 10. The summed E-state index contributed by atoms with van der Waals surface area (Å²) in [5.74, 6) is 0.260. The first-order valence-electron chi connectivity index (χ1n) is 10.3. The van der Waals surface area contributed by atoms with Crippen molar-refractivity contribution in [1.29, 1.82) is 0 Å². The molecule has 0 saturated carbocycles. The van der Waals surface area contributed by atoms with E-state index in [4.69, 9.17) is 14.2 Å². The van der Waals surface area contributed by atoms with Gasteiger partial charge in [0.1, 0.15) is 11.4 Å². The fraction of sp³-hybridized carbons (Fsp3) is 0.273. The van der Waals surface area contributed by atoms with E-state index in [-0.39, 0.29) is 23.0 Å². The maximum atomic E-state index is 13.6. The Hall–Kier alpha value is -3.78. The third-order valence-electron chi connectivity index (χ3n) is 4.99. The monoisotopic (exact) mass is 527 g/mol. The van der Waals surface area contributed by atoms with Crippen LogP contribution in [0.5, 0.6) is 17.2 Å². The third kappa shape index (κ3) is 5.88. The molecule has 1 aromatic heterocycles. The molecule has 0 bridgehead atoms. The van der Waals surface area contributed by atoms with Crippen LogP contribution in [-0.4, -0.2) is 46.8 Å². The van der Waals surface area contributed by atoms with Crippen molar-refractivity contribution in [3.8, 4) is 17.2 Å². The molecular weight excluding hydrogens is 503 g/mol. The van der Waals surface area contributed by atoms with Gasteiger partial charge in [0.25, 0.3) is 0 Å². The first-order chi connectivity index (χ1) is 17.0. The van der Waals surface area contributed by atoms with Gasteiger partial charge >= 0.3 is 6.18 Å². The van der Waals surface area contributed by atoms with Crippen LogP contribution < -0.4 is 29.6 Å². The van der Waals surface area contributed by atoms with Crippen LogP contribution in [0.3, 0.4) is 0 Å². The molecule has 14 heteroatoms. The number of aromatic nitrogens is 2. The summed E-state index contributed by atoms with van der Waals surface area (Å²) in [5.41, 5.74) is -0.509. The lowest BCUT2D eigenvalue weighted by Crippen LogP contribution is -2.21. The van der Waals surface area contributed by atoms with Gasteiger partial charge in [-0.3, -0.25) is 0 Å². The molecule has 194 valence electrons. The van der Waals surface area contributed by atoms with Crippen LogP contribution in [0, 0.1) is 0 Å². The minimum atomic E-state index is -4.76. The van der Waals surface area contributed by atoms with Crippen LogP contribution >= 0.6 is 0 Å². The number of anilines is 3. The highest BCUT2D eigenvalue weighted by Gasteiger charge is 2.35. The Morgan fingerprint density at radius 1 is 1.00 bits per heavy atom. The Morgan fingerprint density at radius 2 is 1.64 bits per heavy atom. The molecule has 3 N–H and O–H groups in total. The molecule has 36 heavy (non-hydrogen) atoms. The number of ether oxygens (including phenoxy) is 3. The Balaban J connectivity index is 1.97. The molecule has 3 aromatic rings. The van der Waals surface area contributed by atoms with Gasteiger partial charge in [-0.2, -0.15) is 18.2 Å². The average Bonchev–Trinajstić information content (AvgIpc) is 2.86. The molecule has 1 heterocycles. The Morgan fingerprint density at radius 3 is 2.19 bits per heavy atom. The standard InChI is InChI=1S/C22H24F3N5O5S/c1-26-36(31,32)18-8-6-5-7-13(18)11-27-20-15(22(23,24)25)12-28-21(30-20)29-14-9-16(33-2)19(35-4)17(10-14)34-3/h5-10,12,26H,11H2,1-4H3,(H2,27,28,29,30). The van der Waals surface area contributed by atoms with E-state index in [2.05, 4.69) is 25.3 Å². The van der Waals surface area contributed by atoms with E-state index in [1.165, 1.54) is 58.7 Å². The molecule has 0 saturated heterocycles. The van der Waals surface area contributed by atoms with Crippen molar-refractivity contribution >= 4 is 27.5 Å². The normalized spacial score (nSPS) is 11.6. The lowest BCUT2D eigenvalue weighted by molar-refractivity contribution is -0.137. The molecule has 10 nitrogen and oxygen atoms in total. The summed E-state index contributed by atoms with van der Waals surface area (Å²) >= 11 is 0. The van der Waals surface area contributed by atoms with E-state index in [9.17, 15) is 21.6 Å². The predicted molar refractivity (Wildman–Crippen MR) is 126 cm³/mol. The highest BCUT2D eigenvalue weighted by atomic mass is 32.2. The van der Waals surface area contributed by atoms with Crippen molar-refractivity contribution in [2.24, 2.45) is 0 Å². The summed E-state index contributed by atoms with van der Waals surface area (Å²) in [6.07, 6.45) is -4.13. The summed E-state index contributed by atoms with van der Waals surface area (Å²) in [6.45, 7) is -0.249. The van der Waals surface area contributed by atoms with Crippen LogP contribution in [0.2, 0.25) is 0 Å². The first-order valence-corrected chi connectivity index (χ1v) is 11.8. The van der Waals surface area contributed by atoms with Gasteiger partial charge in [0.05, 0.1) is 26.2 Å². The van der Waals surface area contributed by atoms with Crippen LogP contribution in [0.1, 0.15) is 11.1 Å². The second-order valence-electron chi connectivity index (χ2n) is 7.16.